The van der Waals surface area contributed by atoms with Crippen LogP contribution in [0.3, 0.4) is 0 Å². The van der Waals surface area contributed by atoms with Gasteiger partial charge in [-0.05, 0) is 19.3 Å². The van der Waals surface area contributed by atoms with E-state index in [4.69, 9.17) is 5.11 Å². The first-order chi connectivity index (χ1) is 3.81. The number of hydrogen-bond donors (Lipinski definition) is 1. The zero-order valence-corrected chi connectivity index (χ0v) is 7.39. The molecule has 1 atom stereocenters. The Morgan fingerprint density at radius 1 is 1.62 bits per heavy atom. The van der Waals surface area contributed by atoms with Gasteiger partial charge in [-0.15, -0.1) is 0 Å². The van der Waals surface area contributed by atoms with Gasteiger partial charge in [-0.25, -0.2) is 0 Å². The molecule has 0 amide bonds. The van der Waals surface area contributed by atoms with Crippen molar-refractivity contribution in [3.8, 4) is 0 Å². The lowest BCUT2D eigenvalue weighted by atomic mass is 10.2. The average Bonchev–Trinajstić information content (AvgIpc) is 1.83. The van der Waals surface area contributed by atoms with Gasteiger partial charge in [0.15, 0.2) is 0 Å². The van der Waals surface area contributed by atoms with E-state index in [0.717, 1.165) is 16.8 Å². The van der Waals surface area contributed by atoms with Crippen LogP contribution in [0.1, 0.15) is 26.2 Å². The van der Waals surface area contributed by atoms with Gasteiger partial charge in [-0.3, -0.25) is 0 Å². The van der Waals surface area contributed by atoms with E-state index in [-0.39, 0.29) is 0 Å². The van der Waals surface area contributed by atoms with E-state index in [2.05, 4.69) is 29.5 Å². The normalized spacial score (nSPS) is 13.9. The molecule has 1 nitrogen and oxygen atoms in total. The summed E-state index contributed by atoms with van der Waals surface area (Å²) in [7, 11) is 0. The van der Waals surface area contributed by atoms with Crippen molar-refractivity contribution < 1.29 is 5.11 Å². The Hall–Kier alpha value is 0.690. The third kappa shape index (κ3) is 4.84. The van der Waals surface area contributed by atoms with Crippen LogP contribution in [0.25, 0.3) is 0 Å². The summed E-state index contributed by atoms with van der Waals surface area (Å²) in [6.07, 6.45) is 3.34. The third-order valence-corrected chi connectivity index (χ3v) is 2.62. The molecule has 0 aliphatic rings. The van der Waals surface area contributed by atoms with Gasteiger partial charge in [-0.2, -0.15) is 0 Å². The van der Waals surface area contributed by atoms with Gasteiger partial charge < -0.3 is 5.11 Å². The minimum atomic E-state index is 0.347. The summed E-state index contributed by atoms with van der Waals surface area (Å²) in [4.78, 5) is 0. The van der Waals surface area contributed by atoms with Crippen molar-refractivity contribution in [2.45, 2.75) is 30.1 Å². The molecule has 0 heterocycles. The molecule has 0 aromatic carbocycles. The molecule has 0 radical (unpaired) electrons. The lowest BCUT2D eigenvalue weighted by molar-refractivity contribution is 0.284. The summed E-state index contributed by atoms with van der Waals surface area (Å²) >= 11 is 2.42. The minimum absolute atomic E-state index is 0.347. The predicted octanol–water partition coefficient (Wildman–Crippen LogP) is 1.97. The van der Waals surface area contributed by atoms with Gasteiger partial charge in [0.05, 0.1) is 0 Å². The molecule has 0 fully saturated rings. The molecule has 0 bridgehead atoms. The van der Waals surface area contributed by atoms with Crippen LogP contribution in [-0.4, -0.2) is 15.6 Å². The van der Waals surface area contributed by atoms with Crippen molar-refractivity contribution in [1.29, 1.82) is 0 Å². The van der Waals surface area contributed by atoms with Crippen molar-refractivity contribution >= 4 is 22.6 Å². The van der Waals surface area contributed by atoms with Crippen LogP contribution < -0.4 is 0 Å². The Morgan fingerprint density at radius 3 is 2.62 bits per heavy atom. The monoisotopic (exact) mass is 228 g/mol. The average molecular weight is 228 g/mol. The lowest BCUT2D eigenvalue weighted by Gasteiger charge is -2.02. The molecule has 2 heteroatoms. The van der Waals surface area contributed by atoms with Crippen LogP contribution in [0.4, 0.5) is 0 Å². The van der Waals surface area contributed by atoms with Gasteiger partial charge in [0.25, 0.3) is 0 Å². The molecule has 1 N–H and O–H groups in total. The van der Waals surface area contributed by atoms with E-state index in [1.54, 1.807) is 0 Å². The summed E-state index contributed by atoms with van der Waals surface area (Å²) in [6.45, 7) is 2.52. The maximum atomic E-state index is 8.41. The van der Waals surface area contributed by atoms with E-state index in [1.165, 1.54) is 6.42 Å². The zero-order chi connectivity index (χ0) is 6.41. The first-order valence-electron chi connectivity index (χ1n) is 3.06. The largest absolute Gasteiger partial charge is 0.396 e. The van der Waals surface area contributed by atoms with Crippen LogP contribution in [0.15, 0.2) is 0 Å². The van der Waals surface area contributed by atoms with Gasteiger partial charge in [0.1, 0.15) is 0 Å². The van der Waals surface area contributed by atoms with Gasteiger partial charge in [-0.1, -0.05) is 29.5 Å². The quantitative estimate of drug-likeness (QED) is 0.576. The van der Waals surface area contributed by atoms with Crippen molar-refractivity contribution in [2.24, 2.45) is 0 Å². The Labute approximate surface area is 64.6 Å². The SMILES string of the molecule is CCC(I)CCCO. The topological polar surface area (TPSA) is 20.2 Å². The molecule has 0 aliphatic carbocycles. The van der Waals surface area contributed by atoms with Gasteiger partial charge in [0, 0.05) is 10.5 Å². The van der Waals surface area contributed by atoms with Crippen LogP contribution in [-0.2, 0) is 0 Å². The summed E-state index contributed by atoms with van der Waals surface area (Å²) < 4.78 is 0.764. The maximum Gasteiger partial charge on any atom is 0.0431 e. The number of aliphatic hydroxyl groups excluding tert-OH is 1. The predicted molar refractivity (Wildman–Crippen MR) is 44.4 cm³/mol. The van der Waals surface area contributed by atoms with E-state index in [1.807, 2.05) is 0 Å². The Bertz CT molecular complexity index is 47.8. The second kappa shape index (κ2) is 5.82. The Morgan fingerprint density at radius 2 is 2.25 bits per heavy atom. The van der Waals surface area contributed by atoms with E-state index in [0.29, 0.717) is 6.61 Å². The molecule has 0 spiro atoms. The van der Waals surface area contributed by atoms with Crippen LogP contribution >= 0.6 is 22.6 Å². The molecular weight excluding hydrogens is 215 g/mol. The Balaban J connectivity index is 2.86. The maximum absolute atomic E-state index is 8.41. The number of alkyl halides is 1. The van der Waals surface area contributed by atoms with Crippen LogP contribution in [0, 0.1) is 0 Å². The summed E-state index contributed by atoms with van der Waals surface area (Å²) in [6, 6.07) is 0. The Kier molecular flexibility index (Phi) is 6.32. The third-order valence-electron chi connectivity index (χ3n) is 1.12. The molecule has 8 heavy (non-hydrogen) atoms. The molecule has 0 aromatic heterocycles. The summed E-state index contributed by atoms with van der Waals surface area (Å²) in [5.41, 5.74) is 0. The van der Waals surface area contributed by atoms with Crippen LogP contribution in [0.2, 0.25) is 0 Å². The molecule has 50 valence electrons. The number of halogens is 1. The first kappa shape index (κ1) is 8.69. The summed E-state index contributed by atoms with van der Waals surface area (Å²) in [5, 5.41) is 8.41. The van der Waals surface area contributed by atoms with Crippen molar-refractivity contribution in [1.82, 2.24) is 0 Å². The van der Waals surface area contributed by atoms with Gasteiger partial charge >= 0.3 is 0 Å². The second-order valence-electron chi connectivity index (χ2n) is 1.87. The molecule has 0 saturated heterocycles. The first-order valence-corrected chi connectivity index (χ1v) is 4.30. The lowest BCUT2D eigenvalue weighted by Crippen LogP contribution is -1.95. The van der Waals surface area contributed by atoms with Crippen LogP contribution in [0.5, 0.6) is 0 Å². The van der Waals surface area contributed by atoms with Crippen molar-refractivity contribution in [3.63, 3.8) is 0 Å². The van der Waals surface area contributed by atoms with E-state index < -0.39 is 0 Å². The van der Waals surface area contributed by atoms with Crippen molar-refractivity contribution in [3.05, 3.63) is 0 Å². The highest BCUT2D eigenvalue weighted by Gasteiger charge is 1.97. The van der Waals surface area contributed by atoms with E-state index >= 15 is 0 Å². The zero-order valence-electron chi connectivity index (χ0n) is 5.23. The molecule has 0 aromatic rings. The minimum Gasteiger partial charge on any atom is -0.396 e. The molecule has 1 unspecified atom stereocenters. The highest BCUT2D eigenvalue weighted by molar-refractivity contribution is 14.1. The number of rotatable bonds is 4. The fraction of sp³-hybridized carbons (Fsp3) is 1.00. The van der Waals surface area contributed by atoms with Gasteiger partial charge in [0.2, 0.25) is 0 Å². The smallest absolute Gasteiger partial charge is 0.0431 e. The highest BCUT2D eigenvalue weighted by atomic mass is 127. The molecule has 0 rings (SSSR count). The van der Waals surface area contributed by atoms with Crippen molar-refractivity contribution in [2.75, 3.05) is 6.61 Å². The second-order valence-corrected chi connectivity index (χ2v) is 3.63. The molecule has 0 aliphatic heterocycles. The fourth-order valence-corrected chi connectivity index (χ4v) is 0.957. The highest BCUT2D eigenvalue weighted by Crippen LogP contribution is 2.11. The molecule has 0 saturated carbocycles. The molecular formula is C6H13IO. The fourth-order valence-electron chi connectivity index (χ4n) is 0.517. The summed E-state index contributed by atoms with van der Waals surface area (Å²) in [5.74, 6) is 0. The van der Waals surface area contributed by atoms with E-state index in [9.17, 15) is 0 Å². The standard InChI is InChI=1S/C6H13IO/c1-2-6(7)4-3-5-8/h6,8H,2-5H2,1H3. The number of aliphatic hydroxyl groups is 1. The number of hydrogen-bond acceptors (Lipinski definition) is 1.